The summed E-state index contributed by atoms with van der Waals surface area (Å²) in [5.74, 6) is 0. The van der Waals surface area contributed by atoms with Crippen LogP contribution in [0, 0.1) is 0 Å². The van der Waals surface area contributed by atoms with E-state index >= 15 is 0 Å². The lowest BCUT2D eigenvalue weighted by molar-refractivity contribution is 0.590. The standard InChI is InChI=1S/C52H46N2/c1-50(2,3)35-23-25-37(26-24-35)54-48-28-22-34(33-21-27-47-41(29-33)39-18-12-14-20-46(39)53(47)36-15-9-8-10-16-36)30-44(48)52(6,7)45-31-40-38-17-11-13-19-42(38)51(4,5)43(40)32-49(45)54/h8-32H,1-7H3. The van der Waals surface area contributed by atoms with E-state index in [9.17, 15) is 0 Å². The first kappa shape index (κ1) is 32.8. The van der Waals surface area contributed by atoms with Gasteiger partial charge in [0.05, 0.1) is 22.4 Å². The molecule has 0 saturated carbocycles. The highest BCUT2D eigenvalue weighted by atomic mass is 15.2. The summed E-state index contributed by atoms with van der Waals surface area (Å²) in [5.41, 5.74) is 19.1. The maximum absolute atomic E-state index is 2.53. The normalized spacial score (nSPS) is 15.2. The Hall–Kier alpha value is -5.86. The van der Waals surface area contributed by atoms with Crippen molar-refractivity contribution in [2.24, 2.45) is 0 Å². The van der Waals surface area contributed by atoms with Gasteiger partial charge in [0.25, 0.3) is 0 Å². The molecule has 264 valence electrons. The Balaban J connectivity index is 1.18. The van der Waals surface area contributed by atoms with Crippen LogP contribution in [-0.4, -0.2) is 4.57 Å². The first-order chi connectivity index (χ1) is 25.9. The van der Waals surface area contributed by atoms with Crippen molar-refractivity contribution in [2.45, 2.75) is 64.7 Å². The summed E-state index contributed by atoms with van der Waals surface area (Å²) in [5, 5.41) is 2.54. The van der Waals surface area contributed by atoms with Crippen LogP contribution in [0.3, 0.4) is 0 Å². The summed E-state index contributed by atoms with van der Waals surface area (Å²) >= 11 is 0. The van der Waals surface area contributed by atoms with Gasteiger partial charge in [0.2, 0.25) is 0 Å². The van der Waals surface area contributed by atoms with Crippen molar-refractivity contribution >= 4 is 38.9 Å². The lowest BCUT2D eigenvalue weighted by Gasteiger charge is -2.43. The van der Waals surface area contributed by atoms with E-state index in [2.05, 4.69) is 210 Å². The molecule has 0 spiro atoms. The molecule has 2 aliphatic rings. The molecule has 0 fully saturated rings. The molecule has 0 saturated heterocycles. The highest BCUT2D eigenvalue weighted by Gasteiger charge is 2.42. The Morgan fingerprint density at radius 1 is 0.426 bits per heavy atom. The van der Waals surface area contributed by atoms with E-state index in [1.54, 1.807) is 0 Å². The molecule has 2 heteroatoms. The maximum atomic E-state index is 2.53. The molecule has 1 aromatic heterocycles. The summed E-state index contributed by atoms with van der Waals surface area (Å²) in [6, 6.07) is 57.0. The third-order valence-corrected chi connectivity index (χ3v) is 12.5. The van der Waals surface area contributed by atoms with Gasteiger partial charge in [0.15, 0.2) is 0 Å². The summed E-state index contributed by atoms with van der Waals surface area (Å²) in [6.45, 7) is 16.5. The molecule has 7 aromatic carbocycles. The van der Waals surface area contributed by atoms with Crippen LogP contribution < -0.4 is 4.90 Å². The van der Waals surface area contributed by atoms with Crippen molar-refractivity contribution in [3.05, 3.63) is 179 Å². The number of anilines is 3. The first-order valence-corrected chi connectivity index (χ1v) is 19.4. The van der Waals surface area contributed by atoms with Crippen LogP contribution in [0.5, 0.6) is 0 Å². The molecule has 0 radical (unpaired) electrons. The molecule has 0 N–H and O–H groups in total. The Kier molecular flexibility index (Phi) is 6.87. The highest BCUT2D eigenvalue weighted by molar-refractivity contribution is 6.10. The molecule has 1 aliphatic carbocycles. The predicted molar refractivity (Wildman–Crippen MR) is 229 cm³/mol. The van der Waals surface area contributed by atoms with E-state index in [0.717, 1.165) is 0 Å². The molecule has 0 amide bonds. The Bertz CT molecular complexity index is 2790. The smallest absolute Gasteiger partial charge is 0.0541 e. The number of hydrogen-bond acceptors (Lipinski definition) is 1. The minimum Gasteiger partial charge on any atom is -0.310 e. The molecule has 2 nitrogen and oxygen atoms in total. The van der Waals surface area contributed by atoms with Crippen molar-refractivity contribution in [2.75, 3.05) is 4.90 Å². The van der Waals surface area contributed by atoms with Gasteiger partial charge >= 0.3 is 0 Å². The van der Waals surface area contributed by atoms with E-state index in [1.165, 1.54) is 94.6 Å². The second-order valence-corrected chi connectivity index (χ2v) is 17.5. The largest absolute Gasteiger partial charge is 0.310 e. The van der Waals surface area contributed by atoms with E-state index in [0.29, 0.717) is 0 Å². The number of hydrogen-bond donors (Lipinski definition) is 0. The number of fused-ring (bicyclic) bond motifs is 8. The van der Waals surface area contributed by atoms with Crippen LogP contribution in [0.25, 0.3) is 49.7 Å². The summed E-state index contributed by atoms with van der Waals surface area (Å²) in [4.78, 5) is 2.53. The van der Waals surface area contributed by atoms with Crippen LogP contribution in [0.4, 0.5) is 17.1 Å². The summed E-state index contributed by atoms with van der Waals surface area (Å²) < 4.78 is 2.39. The van der Waals surface area contributed by atoms with Crippen molar-refractivity contribution in [3.63, 3.8) is 0 Å². The van der Waals surface area contributed by atoms with Gasteiger partial charge < -0.3 is 9.47 Å². The SMILES string of the molecule is CC(C)(C)c1ccc(N2c3ccc(-c4ccc5c(c4)c4ccccc4n5-c4ccccc4)cc3C(C)(C)c3cc4c(cc32)C(C)(C)c2ccccc2-4)cc1. The van der Waals surface area contributed by atoms with Gasteiger partial charge in [-0.3, -0.25) is 0 Å². The zero-order chi connectivity index (χ0) is 37.1. The van der Waals surface area contributed by atoms with E-state index < -0.39 is 0 Å². The van der Waals surface area contributed by atoms with Gasteiger partial charge in [-0.15, -0.1) is 0 Å². The number of nitrogens with zero attached hydrogens (tertiary/aromatic N) is 2. The molecule has 2 heterocycles. The fourth-order valence-corrected chi connectivity index (χ4v) is 9.50. The fourth-order valence-electron chi connectivity index (χ4n) is 9.50. The Morgan fingerprint density at radius 3 is 1.83 bits per heavy atom. The van der Waals surface area contributed by atoms with Gasteiger partial charge in [0.1, 0.15) is 0 Å². The molecule has 54 heavy (non-hydrogen) atoms. The third kappa shape index (κ3) is 4.65. The van der Waals surface area contributed by atoms with E-state index in [1.807, 2.05) is 0 Å². The fraction of sp³-hybridized carbons (Fsp3) is 0.192. The predicted octanol–water partition coefficient (Wildman–Crippen LogP) is 14.2. The van der Waals surface area contributed by atoms with Gasteiger partial charge in [-0.1, -0.05) is 133 Å². The van der Waals surface area contributed by atoms with Crippen LogP contribution >= 0.6 is 0 Å². The molecule has 8 aromatic rings. The van der Waals surface area contributed by atoms with Crippen molar-refractivity contribution in [3.8, 4) is 27.9 Å². The minimum atomic E-state index is -0.243. The highest BCUT2D eigenvalue weighted by Crippen LogP contribution is 2.58. The zero-order valence-electron chi connectivity index (χ0n) is 32.3. The maximum Gasteiger partial charge on any atom is 0.0541 e. The number of benzene rings is 7. The average molecular weight is 699 g/mol. The minimum absolute atomic E-state index is 0.0816. The molecule has 0 atom stereocenters. The van der Waals surface area contributed by atoms with E-state index in [4.69, 9.17) is 0 Å². The molecular weight excluding hydrogens is 653 g/mol. The second kappa shape index (κ2) is 11.3. The van der Waals surface area contributed by atoms with Crippen LogP contribution in [0.1, 0.15) is 76.3 Å². The summed E-state index contributed by atoms with van der Waals surface area (Å²) in [7, 11) is 0. The Labute approximate surface area is 319 Å². The lowest BCUT2D eigenvalue weighted by atomic mass is 9.71. The number of para-hydroxylation sites is 2. The topological polar surface area (TPSA) is 8.17 Å². The molecule has 0 unspecified atom stereocenters. The average Bonchev–Trinajstić information content (AvgIpc) is 3.62. The number of rotatable bonds is 3. The van der Waals surface area contributed by atoms with Crippen molar-refractivity contribution in [1.82, 2.24) is 4.57 Å². The van der Waals surface area contributed by atoms with E-state index in [-0.39, 0.29) is 16.2 Å². The molecule has 10 rings (SSSR count). The quantitative estimate of drug-likeness (QED) is 0.178. The van der Waals surface area contributed by atoms with Crippen LogP contribution in [0.15, 0.2) is 152 Å². The van der Waals surface area contributed by atoms with Gasteiger partial charge in [0, 0.05) is 33.0 Å². The monoisotopic (exact) mass is 698 g/mol. The van der Waals surface area contributed by atoms with Crippen molar-refractivity contribution in [1.29, 1.82) is 0 Å². The van der Waals surface area contributed by atoms with Crippen molar-refractivity contribution < 1.29 is 0 Å². The van der Waals surface area contributed by atoms with Gasteiger partial charge in [-0.05, 0) is 122 Å². The lowest BCUT2D eigenvalue weighted by Crippen LogP contribution is -2.31. The van der Waals surface area contributed by atoms with Crippen LogP contribution in [-0.2, 0) is 16.2 Å². The van der Waals surface area contributed by atoms with Gasteiger partial charge in [-0.2, -0.15) is 0 Å². The molecule has 1 aliphatic heterocycles. The van der Waals surface area contributed by atoms with Crippen LogP contribution in [0.2, 0.25) is 0 Å². The Morgan fingerprint density at radius 2 is 1.06 bits per heavy atom. The molecular formula is C52H46N2. The summed E-state index contributed by atoms with van der Waals surface area (Å²) in [6.07, 6.45) is 0. The third-order valence-electron chi connectivity index (χ3n) is 12.5. The zero-order valence-corrected chi connectivity index (χ0v) is 32.3. The first-order valence-electron chi connectivity index (χ1n) is 19.4. The second-order valence-electron chi connectivity index (χ2n) is 17.5. The number of aromatic nitrogens is 1. The molecule has 0 bridgehead atoms. The van der Waals surface area contributed by atoms with Gasteiger partial charge in [-0.25, -0.2) is 0 Å².